The van der Waals surface area contributed by atoms with Crippen LogP contribution in [0.2, 0.25) is 0 Å². The van der Waals surface area contributed by atoms with E-state index >= 15 is 0 Å². The number of hydrogen-bond acceptors (Lipinski definition) is 2. The Kier molecular flexibility index (Phi) is 3.18. The first-order chi connectivity index (χ1) is 6.47. The summed E-state index contributed by atoms with van der Waals surface area (Å²) in [6, 6.07) is 4.38. The van der Waals surface area contributed by atoms with Gasteiger partial charge in [-0.1, -0.05) is 24.3 Å². The Bertz CT molecular complexity index is 317. The molecule has 2 N–H and O–H groups in total. The van der Waals surface area contributed by atoms with E-state index in [1.54, 1.807) is 0 Å². The summed E-state index contributed by atoms with van der Waals surface area (Å²) in [7, 11) is -1.83. The van der Waals surface area contributed by atoms with Crippen molar-refractivity contribution in [3.05, 3.63) is 29.8 Å². The van der Waals surface area contributed by atoms with Crippen molar-refractivity contribution in [1.29, 1.82) is 0 Å². The fraction of sp³-hybridized carbons (Fsp3) is 0.250. The van der Waals surface area contributed by atoms with Crippen LogP contribution in [0.5, 0.6) is 0 Å². The highest BCUT2D eigenvalue weighted by molar-refractivity contribution is 6.58. The molecule has 0 radical (unpaired) electrons. The third-order valence-corrected chi connectivity index (χ3v) is 1.77. The average molecular weight is 204 g/mol. The van der Waals surface area contributed by atoms with Crippen LogP contribution in [0.25, 0.3) is 0 Å². The third kappa shape index (κ3) is 2.27. The largest absolute Gasteiger partial charge is 0.488 e. The third-order valence-electron chi connectivity index (χ3n) is 1.77. The molecule has 0 atom stereocenters. The molecule has 0 aliphatic heterocycles. The molecule has 0 saturated heterocycles. The second-order valence-electron chi connectivity index (χ2n) is 2.84. The quantitative estimate of drug-likeness (QED) is 0.700. The van der Waals surface area contributed by atoms with E-state index in [4.69, 9.17) is 10.0 Å². The van der Waals surface area contributed by atoms with Crippen LogP contribution in [0, 0.1) is 0 Å². The number of hydrogen-bond donors (Lipinski definition) is 2. The fourth-order valence-electron chi connectivity index (χ4n) is 1.00. The van der Waals surface area contributed by atoms with Crippen molar-refractivity contribution in [1.82, 2.24) is 0 Å². The first-order valence-electron chi connectivity index (χ1n) is 3.88. The molecule has 0 fully saturated rings. The van der Waals surface area contributed by atoms with Crippen LogP contribution < -0.4 is 5.46 Å². The zero-order valence-electron chi connectivity index (χ0n) is 7.12. The molecular formula is C8H8BF3O2. The van der Waals surface area contributed by atoms with Crippen LogP contribution in [-0.4, -0.2) is 23.8 Å². The molecule has 0 saturated carbocycles. The zero-order chi connectivity index (χ0) is 10.8. The van der Waals surface area contributed by atoms with Crippen molar-refractivity contribution in [2.45, 2.75) is 5.92 Å². The van der Waals surface area contributed by atoms with Gasteiger partial charge in [0.25, 0.3) is 0 Å². The van der Waals surface area contributed by atoms with E-state index in [9.17, 15) is 13.2 Å². The molecule has 0 aliphatic carbocycles. The van der Waals surface area contributed by atoms with Crippen molar-refractivity contribution in [2.24, 2.45) is 0 Å². The van der Waals surface area contributed by atoms with Gasteiger partial charge in [-0.3, -0.25) is 0 Å². The molecule has 1 aromatic carbocycles. The predicted octanol–water partition coefficient (Wildman–Crippen LogP) is 0.428. The topological polar surface area (TPSA) is 40.5 Å². The minimum absolute atomic E-state index is 0.0874. The van der Waals surface area contributed by atoms with E-state index in [1.165, 1.54) is 12.1 Å². The molecule has 0 aromatic heterocycles. The summed E-state index contributed by atoms with van der Waals surface area (Å²) in [4.78, 5) is 0. The van der Waals surface area contributed by atoms with Crippen LogP contribution >= 0.6 is 0 Å². The summed E-state index contributed by atoms with van der Waals surface area (Å²) in [5.41, 5.74) is -0.652. The summed E-state index contributed by atoms with van der Waals surface area (Å²) in [6.07, 6.45) is 0. The highest BCUT2D eigenvalue weighted by atomic mass is 19.3. The molecular weight excluding hydrogens is 196 g/mol. The Morgan fingerprint density at radius 2 is 1.93 bits per heavy atom. The number of alkyl halides is 3. The highest BCUT2D eigenvalue weighted by Crippen LogP contribution is 2.27. The van der Waals surface area contributed by atoms with Crippen molar-refractivity contribution >= 4 is 12.6 Å². The summed E-state index contributed by atoms with van der Waals surface area (Å²) >= 11 is 0. The van der Waals surface area contributed by atoms with Crippen molar-refractivity contribution < 1.29 is 23.2 Å². The van der Waals surface area contributed by atoms with Gasteiger partial charge in [0, 0.05) is 5.56 Å². The number of halogens is 3. The maximum atomic E-state index is 12.8. The molecule has 1 rings (SSSR count). The molecule has 0 bridgehead atoms. The highest BCUT2D eigenvalue weighted by Gasteiger charge is 2.32. The molecule has 0 aliphatic rings. The van der Waals surface area contributed by atoms with E-state index < -0.39 is 25.3 Å². The number of rotatable bonds is 3. The van der Waals surface area contributed by atoms with Gasteiger partial charge in [0.2, 0.25) is 0 Å². The van der Waals surface area contributed by atoms with E-state index in [0.29, 0.717) is 0 Å². The van der Waals surface area contributed by atoms with Crippen LogP contribution in [0.15, 0.2) is 24.3 Å². The monoisotopic (exact) mass is 204 g/mol. The first-order valence-corrected chi connectivity index (χ1v) is 3.88. The lowest BCUT2D eigenvalue weighted by atomic mass is 9.79. The summed E-state index contributed by atoms with van der Waals surface area (Å²) in [5.74, 6) is -3.58. The van der Waals surface area contributed by atoms with E-state index in [0.717, 1.165) is 12.1 Å². The molecule has 0 amide bonds. The molecule has 6 heteroatoms. The average Bonchev–Trinajstić information content (AvgIpc) is 2.18. The molecule has 0 unspecified atom stereocenters. The van der Waals surface area contributed by atoms with Crippen LogP contribution in [0.3, 0.4) is 0 Å². The van der Waals surface area contributed by atoms with Gasteiger partial charge in [-0.25, -0.2) is 4.39 Å². The van der Waals surface area contributed by atoms with E-state index in [-0.39, 0.29) is 5.46 Å². The summed E-state index contributed by atoms with van der Waals surface area (Å²) in [5, 5.41) is 17.4. The van der Waals surface area contributed by atoms with Gasteiger partial charge in [-0.15, -0.1) is 0 Å². The zero-order valence-corrected chi connectivity index (χ0v) is 7.12. The van der Waals surface area contributed by atoms with Gasteiger partial charge in [-0.05, 0) is 5.46 Å². The second kappa shape index (κ2) is 4.02. The smallest absolute Gasteiger partial charge is 0.423 e. The lowest BCUT2D eigenvalue weighted by Gasteiger charge is -2.13. The Balaban J connectivity index is 3.05. The lowest BCUT2D eigenvalue weighted by Crippen LogP contribution is -2.31. The van der Waals surface area contributed by atoms with Crippen molar-refractivity contribution in [3.8, 4) is 0 Å². The van der Waals surface area contributed by atoms with Gasteiger partial charge in [-0.2, -0.15) is 8.78 Å². The Hall–Kier alpha value is -1.01. The lowest BCUT2D eigenvalue weighted by molar-refractivity contribution is -0.0280. The Morgan fingerprint density at radius 3 is 2.43 bits per heavy atom. The molecule has 2 nitrogen and oxygen atoms in total. The van der Waals surface area contributed by atoms with E-state index in [1.807, 2.05) is 0 Å². The van der Waals surface area contributed by atoms with Crippen LogP contribution in [-0.2, 0) is 5.92 Å². The van der Waals surface area contributed by atoms with Crippen molar-refractivity contribution in [2.75, 3.05) is 6.67 Å². The van der Waals surface area contributed by atoms with Gasteiger partial charge >= 0.3 is 13.0 Å². The van der Waals surface area contributed by atoms with Crippen LogP contribution in [0.4, 0.5) is 13.2 Å². The molecule has 1 aromatic rings. The van der Waals surface area contributed by atoms with Gasteiger partial charge < -0.3 is 10.0 Å². The minimum atomic E-state index is -3.58. The summed E-state index contributed by atoms with van der Waals surface area (Å²) in [6.45, 7) is -1.81. The van der Waals surface area contributed by atoms with Gasteiger partial charge in [0.05, 0.1) is 0 Å². The van der Waals surface area contributed by atoms with Crippen LogP contribution in [0.1, 0.15) is 5.56 Å². The first kappa shape index (κ1) is 11.1. The van der Waals surface area contributed by atoms with Crippen molar-refractivity contribution in [3.63, 3.8) is 0 Å². The van der Waals surface area contributed by atoms with Gasteiger partial charge in [0.15, 0.2) is 6.67 Å². The maximum Gasteiger partial charge on any atom is 0.488 e. The minimum Gasteiger partial charge on any atom is -0.423 e. The maximum absolute atomic E-state index is 12.8. The SMILES string of the molecule is OB(O)c1cccc(C(F)(F)CF)c1. The molecule has 0 heterocycles. The summed E-state index contributed by atoms with van der Waals surface area (Å²) < 4.78 is 37.5. The predicted molar refractivity (Wildman–Crippen MR) is 46.1 cm³/mol. The molecule has 0 spiro atoms. The standard InChI is InChI=1S/C8H8BF3O2/c10-5-8(11,12)6-2-1-3-7(4-6)9(13)14/h1-4,13-14H,5H2. The van der Waals surface area contributed by atoms with E-state index in [2.05, 4.69) is 0 Å². The normalized spacial score (nSPS) is 11.5. The fourth-order valence-corrected chi connectivity index (χ4v) is 1.00. The molecule has 76 valence electrons. The second-order valence-corrected chi connectivity index (χ2v) is 2.84. The van der Waals surface area contributed by atoms with Gasteiger partial charge in [0.1, 0.15) is 0 Å². The number of benzene rings is 1. The Labute approximate surface area is 79.1 Å². The Morgan fingerprint density at radius 1 is 1.29 bits per heavy atom. The molecule has 14 heavy (non-hydrogen) atoms.